The molecule has 0 aliphatic heterocycles. The molecule has 2 atom stereocenters. The second-order valence-electron chi connectivity index (χ2n) is 3.39. The van der Waals surface area contributed by atoms with Gasteiger partial charge in [-0.15, -0.1) is 12.6 Å². The van der Waals surface area contributed by atoms with Crippen LogP contribution in [0.15, 0.2) is 0 Å². The van der Waals surface area contributed by atoms with Crippen molar-refractivity contribution in [2.75, 3.05) is 13.2 Å². The normalized spacial score (nSPS) is 15.7. The van der Waals surface area contributed by atoms with E-state index in [1.807, 2.05) is 0 Å². The Hall–Kier alpha value is 0.270. The molecule has 0 aliphatic rings. The van der Waals surface area contributed by atoms with Crippen LogP contribution in [0.5, 0.6) is 0 Å². The van der Waals surface area contributed by atoms with Crippen molar-refractivity contribution in [1.82, 2.24) is 0 Å². The lowest BCUT2D eigenvalue weighted by Crippen LogP contribution is -2.16. The van der Waals surface area contributed by atoms with Crippen LogP contribution in [0, 0.1) is 5.92 Å². The molecule has 0 aromatic heterocycles. The van der Waals surface area contributed by atoms with E-state index in [4.69, 9.17) is 9.84 Å². The Bertz CT molecular complexity index is 109. The summed E-state index contributed by atoms with van der Waals surface area (Å²) >= 11 is 4.06. The summed E-state index contributed by atoms with van der Waals surface area (Å²) in [4.78, 5) is 0. The van der Waals surface area contributed by atoms with Crippen LogP contribution in [0.25, 0.3) is 0 Å². The van der Waals surface area contributed by atoms with Crippen LogP contribution < -0.4 is 0 Å². The van der Waals surface area contributed by atoms with Crippen molar-refractivity contribution >= 4 is 12.6 Å². The molecule has 13 heavy (non-hydrogen) atoms. The van der Waals surface area contributed by atoms with Crippen LogP contribution in [-0.2, 0) is 4.74 Å². The van der Waals surface area contributed by atoms with Crippen LogP contribution in [0.2, 0.25) is 0 Å². The van der Waals surface area contributed by atoms with Gasteiger partial charge in [-0.25, -0.2) is 0 Å². The lowest BCUT2D eigenvalue weighted by molar-refractivity contribution is 0.0441. The van der Waals surface area contributed by atoms with E-state index < -0.39 is 0 Å². The average Bonchev–Trinajstić information content (AvgIpc) is 2.17. The van der Waals surface area contributed by atoms with Gasteiger partial charge in [0.25, 0.3) is 0 Å². The molecule has 0 fully saturated rings. The molecule has 0 rings (SSSR count). The van der Waals surface area contributed by atoms with Gasteiger partial charge in [-0.05, 0) is 12.3 Å². The van der Waals surface area contributed by atoms with E-state index in [1.165, 1.54) is 19.3 Å². The van der Waals surface area contributed by atoms with Gasteiger partial charge in [0.1, 0.15) is 5.44 Å². The first kappa shape index (κ1) is 13.3. The number of aliphatic hydroxyl groups excluding tert-OH is 1. The summed E-state index contributed by atoms with van der Waals surface area (Å²) in [5.74, 6) is 0.626. The Morgan fingerprint density at radius 3 is 2.54 bits per heavy atom. The third kappa shape index (κ3) is 7.35. The van der Waals surface area contributed by atoms with Gasteiger partial charge in [0.15, 0.2) is 0 Å². The summed E-state index contributed by atoms with van der Waals surface area (Å²) < 4.78 is 5.36. The number of hydrogen-bond acceptors (Lipinski definition) is 3. The quantitative estimate of drug-likeness (QED) is 0.472. The molecule has 2 unspecified atom stereocenters. The summed E-state index contributed by atoms with van der Waals surface area (Å²) in [6, 6.07) is 0. The van der Waals surface area contributed by atoms with Crippen LogP contribution in [0.4, 0.5) is 0 Å². The predicted octanol–water partition coefficient (Wildman–Crippen LogP) is 2.47. The van der Waals surface area contributed by atoms with Gasteiger partial charge in [-0.1, -0.05) is 33.1 Å². The SMILES string of the molecule is CCCCC(CC)COC(S)CO. The van der Waals surface area contributed by atoms with Gasteiger partial charge in [-0.2, -0.15) is 0 Å². The highest BCUT2D eigenvalue weighted by Crippen LogP contribution is 2.14. The van der Waals surface area contributed by atoms with Crippen molar-refractivity contribution in [3.63, 3.8) is 0 Å². The zero-order chi connectivity index (χ0) is 10.1. The Labute approximate surface area is 87.1 Å². The fourth-order valence-electron chi connectivity index (χ4n) is 1.20. The second kappa shape index (κ2) is 8.85. The Morgan fingerprint density at radius 2 is 2.08 bits per heavy atom. The maximum absolute atomic E-state index is 8.70. The fraction of sp³-hybridized carbons (Fsp3) is 1.00. The topological polar surface area (TPSA) is 29.5 Å². The fourth-order valence-corrected chi connectivity index (χ4v) is 1.28. The molecule has 0 amide bonds. The predicted molar refractivity (Wildman–Crippen MR) is 59.1 cm³/mol. The van der Waals surface area contributed by atoms with Crippen molar-refractivity contribution in [3.8, 4) is 0 Å². The molecule has 0 saturated carbocycles. The monoisotopic (exact) mass is 206 g/mol. The largest absolute Gasteiger partial charge is 0.393 e. The van der Waals surface area contributed by atoms with E-state index >= 15 is 0 Å². The summed E-state index contributed by atoms with van der Waals surface area (Å²) in [6.45, 7) is 5.09. The van der Waals surface area contributed by atoms with Crippen molar-refractivity contribution < 1.29 is 9.84 Å². The molecular formula is C10H22O2S. The second-order valence-corrected chi connectivity index (χ2v) is 3.96. The number of thiol groups is 1. The molecule has 0 radical (unpaired) electrons. The third-order valence-electron chi connectivity index (χ3n) is 2.22. The van der Waals surface area contributed by atoms with E-state index in [0.29, 0.717) is 5.92 Å². The van der Waals surface area contributed by atoms with Crippen LogP contribution in [-0.4, -0.2) is 23.8 Å². The van der Waals surface area contributed by atoms with Crippen LogP contribution in [0.3, 0.4) is 0 Å². The number of ether oxygens (including phenoxy) is 1. The maximum atomic E-state index is 8.70. The zero-order valence-electron chi connectivity index (χ0n) is 8.70. The van der Waals surface area contributed by atoms with Gasteiger partial charge >= 0.3 is 0 Å². The molecular weight excluding hydrogens is 184 g/mol. The first-order valence-electron chi connectivity index (χ1n) is 5.15. The highest BCUT2D eigenvalue weighted by atomic mass is 32.1. The Kier molecular flexibility index (Phi) is 9.03. The number of rotatable bonds is 8. The van der Waals surface area contributed by atoms with Gasteiger partial charge < -0.3 is 9.84 Å². The number of aliphatic hydroxyl groups is 1. The first-order chi connectivity index (χ1) is 6.24. The standard InChI is InChI=1S/C10H22O2S/c1-3-5-6-9(4-2)8-12-10(13)7-11/h9-11,13H,3-8H2,1-2H3. The molecule has 0 spiro atoms. The van der Waals surface area contributed by atoms with Crippen LogP contribution in [0.1, 0.15) is 39.5 Å². The smallest absolute Gasteiger partial charge is 0.123 e. The summed E-state index contributed by atoms with van der Waals surface area (Å²) in [5, 5.41) is 8.70. The molecule has 0 saturated heterocycles. The van der Waals surface area contributed by atoms with Gasteiger partial charge in [-0.3, -0.25) is 0 Å². The number of hydrogen-bond donors (Lipinski definition) is 2. The molecule has 0 bridgehead atoms. The zero-order valence-corrected chi connectivity index (χ0v) is 9.59. The molecule has 0 heterocycles. The molecule has 1 N–H and O–H groups in total. The molecule has 0 aromatic rings. The van der Waals surface area contributed by atoms with Gasteiger partial charge in [0, 0.05) is 0 Å². The summed E-state index contributed by atoms with van der Waals surface area (Å²) in [7, 11) is 0. The minimum absolute atomic E-state index is 0.00662. The van der Waals surface area contributed by atoms with Crippen molar-refractivity contribution in [3.05, 3.63) is 0 Å². The highest BCUT2D eigenvalue weighted by Gasteiger charge is 2.08. The molecule has 0 aromatic carbocycles. The Balaban J connectivity index is 3.46. The van der Waals surface area contributed by atoms with Gasteiger partial charge in [0.2, 0.25) is 0 Å². The molecule has 80 valence electrons. The molecule has 2 nitrogen and oxygen atoms in total. The van der Waals surface area contributed by atoms with Gasteiger partial charge in [0.05, 0.1) is 13.2 Å². The van der Waals surface area contributed by atoms with Crippen molar-refractivity contribution in [2.45, 2.75) is 45.0 Å². The average molecular weight is 206 g/mol. The summed E-state index contributed by atoms with van der Waals surface area (Å²) in [5.41, 5.74) is -0.310. The Morgan fingerprint density at radius 1 is 1.38 bits per heavy atom. The van der Waals surface area contributed by atoms with E-state index in [2.05, 4.69) is 26.5 Å². The first-order valence-corrected chi connectivity index (χ1v) is 5.66. The third-order valence-corrected chi connectivity index (χ3v) is 2.54. The van der Waals surface area contributed by atoms with Crippen molar-refractivity contribution in [2.24, 2.45) is 5.92 Å². The highest BCUT2D eigenvalue weighted by molar-refractivity contribution is 7.80. The molecule has 0 aliphatic carbocycles. The minimum Gasteiger partial charge on any atom is -0.393 e. The van der Waals surface area contributed by atoms with E-state index in [1.54, 1.807) is 0 Å². The lowest BCUT2D eigenvalue weighted by atomic mass is 10.0. The minimum atomic E-state index is -0.310. The number of unbranched alkanes of at least 4 members (excludes halogenated alkanes) is 1. The van der Waals surface area contributed by atoms with Crippen LogP contribution >= 0.6 is 12.6 Å². The van der Waals surface area contributed by atoms with E-state index in [9.17, 15) is 0 Å². The lowest BCUT2D eigenvalue weighted by Gasteiger charge is -2.16. The van der Waals surface area contributed by atoms with E-state index in [0.717, 1.165) is 13.0 Å². The maximum Gasteiger partial charge on any atom is 0.123 e. The van der Waals surface area contributed by atoms with E-state index in [-0.39, 0.29) is 12.0 Å². The molecule has 3 heteroatoms. The van der Waals surface area contributed by atoms with Crippen molar-refractivity contribution in [1.29, 1.82) is 0 Å². The summed E-state index contributed by atoms with van der Waals surface area (Å²) in [6.07, 6.45) is 4.86.